The van der Waals surface area contributed by atoms with Gasteiger partial charge in [0.2, 0.25) is 0 Å². The van der Waals surface area contributed by atoms with E-state index in [4.69, 9.17) is 19.6 Å². The van der Waals surface area contributed by atoms with E-state index < -0.39 is 0 Å². The lowest BCUT2D eigenvalue weighted by Gasteiger charge is -2.13. The first-order valence-electron chi connectivity index (χ1n) is 7.83. The Hall–Kier alpha value is -1.72. The smallest absolute Gasteiger partial charge is 0.161 e. The van der Waals surface area contributed by atoms with Crippen molar-refractivity contribution in [3.05, 3.63) is 41.0 Å². The van der Waals surface area contributed by atoms with Gasteiger partial charge in [-0.2, -0.15) is 5.10 Å². The first kappa shape index (κ1) is 15.2. The van der Waals surface area contributed by atoms with Crippen molar-refractivity contribution in [1.29, 1.82) is 0 Å². The largest absolute Gasteiger partial charge is 0.384 e. The molecule has 118 valence electrons. The molecule has 0 amide bonds. The molecule has 0 unspecified atom stereocenters. The van der Waals surface area contributed by atoms with Gasteiger partial charge < -0.3 is 9.47 Å². The van der Waals surface area contributed by atoms with Gasteiger partial charge in [0.15, 0.2) is 11.6 Å². The maximum absolute atomic E-state index is 5.83. The van der Waals surface area contributed by atoms with Crippen molar-refractivity contribution in [2.24, 2.45) is 0 Å². The Morgan fingerprint density at radius 2 is 2.23 bits per heavy atom. The van der Waals surface area contributed by atoms with Crippen molar-refractivity contribution >= 4 is 0 Å². The number of ether oxygens (including phenoxy) is 2. The predicted octanol–water partition coefficient (Wildman–Crippen LogP) is 2.92. The molecule has 0 aliphatic carbocycles. The Morgan fingerprint density at radius 3 is 2.95 bits per heavy atom. The van der Waals surface area contributed by atoms with Gasteiger partial charge >= 0.3 is 0 Å². The average molecular weight is 301 g/mol. The van der Waals surface area contributed by atoms with Gasteiger partial charge in [0.05, 0.1) is 12.3 Å². The van der Waals surface area contributed by atoms with E-state index in [9.17, 15) is 0 Å². The summed E-state index contributed by atoms with van der Waals surface area (Å²) in [6.07, 6.45) is 2.85. The van der Waals surface area contributed by atoms with E-state index in [-0.39, 0.29) is 6.10 Å². The molecule has 22 heavy (non-hydrogen) atoms. The van der Waals surface area contributed by atoms with Crippen LogP contribution in [0.1, 0.15) is 41.7 Å². The monoisotopic (exact) mass is 301 g/mol. The number of hydrogen-bond acceptors (Lipinski definition) is 4. The summed E-state index contributed by atoms with van der Waals surface area (Å²) in [4.78, 5) is 4.72. The summed E-state index contributed by atoms with van der Waals surface area (Å²) in [5.41, 5.74) is 3.57. The molecule has 1 aliphatic heterocycles. The van der Waals surface area contributed by atoms with Gasteiger partial charge in [-0.25, -0.2) is 9.67 Å². The van der Waals surface area contributed by atoms with Crippen LogP contribution in [-0.2, 0) is 15.9 Å². The number of aromatic nitrogens is 3. The maximum Gasteiger partial charge on any atom is 0.161 e. The fraction of sp³-hybridized carbons (Fsp3) is 0.529. The predicted molar refractivity (Wildman–Crippen MR) is 84.3 cm³/mol. The maximum atomic E-state index is 5.83. The van der Waals surface area contributed by atoms with E-state index in [1.54, 1.807) is 7.11 Å². The van der Waals surface area contributed by atoms with Crippen LogP contribution in [0.15, 0.2) is 18.2 Å². The summed E-state index contributed by atoms with van der Waals surface area (Å²) in [7, 11) is 1.70. The SMILES string of the molecule is COCCc1nc([C@@H]2CCCO2)n(-c2cccc(C)c2C)n1. The van der Waals surface area contributed by atoms with Gasteiger partial charge in [0, 0.05) is 20.1 Å². The molecule has 0 N–H and O–H groups in total. The van der Waals surface area contributed by atoms with Crippen molar-refractivity contribution in [3.8, 4) is 5.69 Å². The van der Waals surface area contributed by atoms with Gasteiger partial charge in [-0.15, -0.1) is 0 Å². The normalized spacial score (nSPS) is 18.0. The molecule has 1 aliphatic rings. The molecule has 2 aromatic rings. The highest BCUT2D eigenvalue weighted by Crippen LogP contribution is 2.30. The summed E-state index contributed by atoms with van der Waals surface area (Å²) in [5, 5.41) is 4.71. The molecule has 0 spiro atoms. The molecule has 1 saturated heterocycles. The first-order chi connectivity index (χ1) is 10.7. The van der Waals surface area contributed by atoms with E-state index in [1.807, 2.05) is 4.68 Å². The summed E-state index contributed by atoms with van der Waals surface area (Å²) in [6, 6.07) is 6.27. The molecule has 2 heterocycles. The number of rotatable bonds is 5. The van der Waals surface area contributed by atoms with Crippen molar-refractivity contribution in [2.45, 2.75) is 39.2 Å². The van der Waals surface area contributed by atoms with E-state index >= 15 is 0 Å². The second-order valence-corrected chi connectivity index (χ2v) is 5.76. The topological polar surface area (TPSA) is 49.2 Å². The minimum absolute atomic E-state index is 0.0451. The number of methoxy groups -OCH3 is 1. The van der Waals surface area contributed by atoms with E-state index in [0.717, 1.165) is 36.8 Å². The van der Waals surface area contributed by atoms with Crippen LogP contribution >= 0.6 is 0 Å². The van der Waals surface area contributed by atoms with Crippen LogP contribution in [0.25, 0.3) is 5.69 Å². The van der Waals surface area contributed by atoms with Crippen LogP contribution in [0.4, 0.5) is 0 Å². The number of aryl methyl sites for hydroxylation is 1. The molecule has 1 aromatic heterocycles. The van der Waals surface area contributed by atoms with Crippen LogP contribution in [0, 0.1) is 13.8 Å². The Labute approximate surface area is 131 Å². The Morgan fingerprint density at radius 1 is 1.36 bits per heavy atom. The quantitative estimate of drug-likeness (QED) is 0.852. The zero-order valence-electron chi connectivity index (χ0n) is 13.5. The Kier molecular flexibility index (Phi) is 4.55. The minimum Gasteiger partial charge on any atom is -0.384 e. The zero-order valence-corrected chi connectivity index (χ0v) is 13.5. The van der Waals surface area contributed by atoms with Gasteiger partial charge in [0.25, 0.3) is 0 Å². The highest BCUT2D eigenvalue weighted by molar-refractivity contribution is 5.44. The van der Waals surface area contributed by atoms with Crippen LogP contribution < -0.4 is 0 Å². The molecule has 0 bridgehead atoms. The Bertz CT molecular complexity index is 645. The lowest BCUT2D eigenvalue weighted by Crippen LogP contribution is -2.09. The third-order valence-electron chi connectivity index (χ3n) is 4.23. The number of benzene rings is 1. The standard InChI is InChI=1S/C17H23N3O2/c1-12-6-4-7-14(13(12)2)20-17(15-8-5-10-22-15)18-16(19-20)9-11-21-3/h4,6-7,15H,5,8-11H2,1-3H3/t15-/m0/s1. The molecular weight excluding hydrogens is 278 g/mol. The van der Waals surface area contributed by atoms with Gasteiger partial charge in [-0.3, -0.25) is 0 Å². The van der Waals surface area contributed by atoms with Gasteiger partial charge in [0.1, 0.15) is 6.10 Å². The van der Waals surface area contributed by atoms with Crippen LogP contribution in [-0.4, -0.2) is 35.1 Å². The Balaban J connectivity index is 2.03. The molecule has 1 atom stereocenters. The first-order valence-corrected chi connectivity index (χ1v) is 7.83. The van der Waals surface area contributed by atoms with Crippen LogP contribution in [0.5, 0.6) is 0 Å². The van der Waals surface area contributed by atoms with E-state index in [1.165, 1.54) is 11.1 Å². The van der Waals surface area contributed by atoms with Crippen LogP contribution in [0.3, 0.4) is 0 Å². The van der Waals surface area contributed by atoms with E-state index in [2.05, 4.69) is 32.0 Å². The lowest BCUT2D eigenvalue weighted by atomic mass is 10.1. The van der Waals surface area contributed by atoms with Crippen molar-refractivity contribution < 1.29 is 9.47 Å². The summed E-state index contributed by atoms with van der Waals surface area (Å²) < 4.78 is 12.9. The lowest BCUT2D eigenvalue weighted by molar-refractivity contribution is 0.103. The second-order valence-electron chi connectivity index (χ2n) is 5.76. The highest BCUT2D eigenvalue weighted by atomic mass is 16.5. The number of hydrogen-bond donors (Lipinski definition) is 0. The molecule has 0 radical (unpaired) electrons. The summed E-state index contributed by atoms with van der Waals surface area (Å²) in [5.74, 6) is 1.73. The molecule has 5 nitrogen and oxygen atoms in total. The van der Waals surface area contributed by atoms with Gasteiger partial charge in [-0.05, 0) is 43.9 Å². The van der Waals surface area contributed by atoms with Crippen molar-refractivity contribution in [2.75, 3.05) is 20.3 Å². The molecule has 1 fully saturated rings. The molecule has 0 saturated carbocycles. The fourth-order valence-corrected chi connectivity index (χ4v) is 2.80. The minimum atomic E-state index is 0.0451. The number of nitrogens with zero attached hydrogens (tertiary/aromatic N) is 3. The fourth-order valence-electron chi connectivity index (χ4n) is 2.80. The van der Waals surface area contributed by atoms with E-state index in [0.29, 0.717) is 13.0 Å². The third-order valence-corrected chi connectivity index (χ3v) is 4.23. The molecule has 1 aromatic carbocycles. The van der Waals surface area contributed by atoms with Crippen LogP contribution in [0.2, 0.25) is 0 Å². The van der Waals surface area contributed by atoms with Crippen molar-refractivity contribution in [3.63, 3.8) is 0 Å². The molecule has 5 heteroatoms. The highest BCUT2D eigenvalue weighted by Gasteiger charge is 2.25. The average Bonchev–Trinajstić information content (AvgIpc) is 3.16. The molecular formula is C17H23N3O2. The van der Waals surface area contributed by atoms with Gasteiger partial charge in [-0.1, -0.05) is 12.1 Å². The zero-order chi connectivity index (χ0) is 15.5. The summed E-state index contributed by atoms with van der Waals surface area (Å²) in [6.45, 7) is 5.67. The molecule has 3 rings (SSSR count). The summed E-state index contributed by atoms with van der Waals surface area (Å²) >= 11 is 0. The van der Waals surface area contributed by atoms with Crippen molar-refractivity contribution in [1.82, 2.24) is 14.8 Å². The third kappa shape index (κ3) is 2.91. The second kappa shape index (κ2) is 6.58.